The Balaban J connectivity index is 2.12. The molecule has 100 valence electrons. The van der Waals surface area contributed by atoms with Crippen LogP contribution in [0.4, 0.5) is 0 Å². The molecule has 0 aliphatic carbocycles. The Morgan fingerprint density at radius 2 is 2.32 bits per heavy atom. The number of carboxylic acid groups (broad SMARTS) is 1. The van der Waals surface area contributed by atoms with Crippen LogP contribution in [-0.2, 0) is 13.0 Å². The fourth-order valence-corrected chi connectivity index (χ4v) is 1.79. The van der Waals surface area contributed by atoms with Crippen molar-refractivity contribution in [2.24, 2.45) is 0 Å². The monoisotopic (exact) mass is 326 g/mol. The molecule has 0 unspecified atom stereocenters. The van der Waals surface area contributed by atoms with Gasteiger partial charge in [0.25, 0.3) is 5.89 Å². The van der Waals surface area contributed by atoms with Gasteiger partial charge in [0.2, 0.25) is 0 Å². The maximum absolute atomic E-state index is 11.1. The summed E-state index contributed by atoms with van der Waals surface area (Å²) in [6.45, 7) is 1.95. The first-order chi connectivity index (χ1) is 9.10. The van der Waals surface area contributed by atoms with Crippen LogP contribution in [0.15, 0.2) is 27.2 Å². The van der Waals surface area contributed by atoms with Gasteiger partial charge >= 0.3 is 5.97 Å². The smallest absolute Gasteiger partial charge is 0.339 e. The highest BCUT2D eigenvalue weighted by Crippen LogP contribution is 2.24. The van der Waals surface area contributed by atoms with Gasteiger partial charge in [-0.2, -0.15) is 4.98 Å². The predicted molar refractivity (Wildman–Crippen MR) is 69.1 cm³/mol. The van der Waals surface area contributed by atoms with Crippen LogP contribution >= 0.6 is 15.9 Å². The minimum Gasteiger partial charge on any atom is -0.483 e. The number of carboxylic acids is 1. The lowest BCUT2D eigenvalue weighted by atomic mass is 10.2. The number of ether oxygens (including phenoxy) is 1. The van der Waals surface area contributed by atoms with E-state index in [1.165, 1.54) is 6.07 Å². The molecule has 0 saturated carbocycles. The molecule has 0 atom stereocenters. The minimum atomic E-state index is -1.06. The summed E-state index contributed by atoms with van der Waals surface area (Å²) >= 11 is 3.21. The molecule has 0 aliphatic heterocycles. The Morgan fingerprint density at radius 1 is 1.53 bits per heavy atom. The molecule has 0 radical (unpaired) electrons. The Kier molecular flexibility index (Phi) is 4.16. The third-order valence-corrected chi connectivity index (χ3v) is 2.84. The Labute approximate surface area is 117 Å². The van der Waals surface area contributed by atoms with E-state index in [2.05, 4.69) is 26.1 Å². The number of rotatable bonds is 5. The minimum absolute atomic E-state index is 0.0366. The lowest BCUT2D eigenvalue weighted by Crippen LogP contribution is -2.03. The number of carbonyl (C=O) groups is 1. The molecule has 6 nitrogen and oxygen atoms in total. The summed E-state index contributed by atoms with van der Waals surface area (Å²) in [5.74, 6) is 0.104. The molecule has 1 N–H and O–H groups in total. The van der Waals surface area contributed by atoms with E-state index in [-0.39, 0.29) is 17.9 Å². The number of aromatic nitrogens is 2. The zero-order valence-electron chi connectivity index (χ0n) is 10.1. The molecule has 0 spiro atoms. The fourth-order valence-electron chi connectivity index (χ4n) is 1.43. The van der Waals surface area contributed by atoms with Crippen LogP contribution in [-0.4, -0.2) is 21.2 Å². The second-order valence-corrected chi connectivity index (χ2v) is 4.61. The Morgan fingerprint density at radius 3 is 2.95 bits per heavy atom. The second-order valence-electron chi connectivity index (χ2n) is 3.69. The number of aryl methyl sites for hydroxylation is 1. The Bertz CT molecular complexity index is 597. The largest absolute Gasteiger partial charge is 0.483 e. The number of benzene rings is 1. The molecular formula is C12H11BrN2O4. The molecule has 1 aromatic heterocycles. The third-order valence-electron chi connectivity index (χ3n) is 2.35. The highest BCUT2D eigenvalue weighted by atomic mass is 79.9. The van der Waals surface area contributed by atoms with E-state index in [1.54, 1.807) is 12.1 Å². The van der Waals surface area contributed by atoms with Crippen molar-refractivity contribution >= 4 is 21.9 Å². The number of hydrogen-bond donors (Lipinski definition) is 1. The van der Waals surface area contributed by atoms with Crippen molar-refractivity contribution < 1.29 is 19.2 Å². The first-order valence-corrected chi connectivity index (χ1v) is 6.36. The van der Waals surface area contributed by atoms with Gasteiger partial charge in [-0.25, -0.2) is 4.79 Å². The summed E-state index contributed by atoms with van der Waals surface area (Å²) < 4.78 is 11.0. The first kappa shape index (κ1) is 13.5. The van der Waals surface area contributed by atoms with Crippen LogP contribution in [0.5, 0.6) is 5.75 Å². The van der Waals surface area contributed by atoms with Gasteiger partial charge in [-0.15, -0.1) is 0 Å². The van der Waals surface area contributed by atoms with E-state index in [9.17, 15) is 4.79 Å². The lowest BCUT2D eigenvalue weighted by Gasteiger charge is -2.07. The average Bonchev–Trinajstić information content (AvgIpc) is 2.85. The fraction of sp³-hybridized carbons (Fsp3) is 0.250. The maximum atomic E-state index is 11.1. The SMILES string of the molecule is CCc1noc(COc2ccc(Br)cc2C(=O)O)n1. The van der Waals surface area contributed by atoms with E-state index in [1.807, 2.05) is 6.92 Å². The van der Waals surface area contributed by atoms with E-state index in [4.69, 9.17) is 14.4 Å². The molecule has 0 aliphatic rings. The van der Waals surface area contributed by atoms with E-state index >= 15 is 0 Å². The summed E-state index contributed by atoms with van der Waals surface area (Å²) in [5.41, 5.74) is 0.0737. The number of aromatic carboxylic acids is 1. The van der Waals surface area contributed by atoms with Crippen LogP contribution in [0.1, 0.15) is 29.0 Å². The second kappa shape index (κ2) is 5.83. The van der Waals surface area contributed by atoms with Crippen molar-refractivity contribution in [3.05, 3.63) is 40.0 Å². The molecule has 0 fully saturated rings. The molecule has 0 bridgehead atoms. The van der Waals surface area contributed by atoms with Gasteiger partial charge in [0.15, 0.2) is 12.4 Å². The summed E-state index contributed by atoms with van der Waals surface area (Å²) in [7, 11) is 0. The van der Waals surface area contributed by atoms with Gasteiger partial charge in [0, 0.05) is 10.9 Å². The standard InChI is InChI=1S/C12H11BrN2O4/c1-2-10-14-11(19-15-10)6-18-9-4-3-7(13)5-8(9)12(16)17/h3-5H,2,6H2,1H3,(H,16,17). The normalized spacial score (nSPS) is 10.4. The zero-order valence-corrected chi connectivity index (χ0v) is 11.7. The summed E-state index contributed by atoms with van der Waals surface area (Å²) in [5, 5.41) is 12.8. The quantitative estimate of drug-likeness (QED) is 0.909. The van der Waals surface area contributed by atoms with Crippen LogP contribution < -0.4 is 4.74 Å². The van der Waals surface area contributed by atoms with E-state index in [0.717, 1.165) is 0 Å². The predicted octanol–water partition coefficient (Wildman–Crippen LogP) is 2.67. The molecule has 2 aromatic rings. The van der Waals surface area contributed by atoms with E-state index < -0.39 is 5.97 Å². The lowest BCUT2D eigenvalue weighted by molar-refractivity contribution is 0.0691. The van der Waals surface area contributed by atoms with Gasteiger partial charge in [-0.05, 0) is 18.2 Å². The van der Waals surface area contributed by atoms with Gasteiger partial charge in [-0.3, -0.25) is 0 Å². The van der Waals surface area contributed by atoms with E-state index in [0.29, 0.717) is 22.6 Å². The van der Waals surface area contributed by atoms with Crippen LogP contribution in [0.3, 0.4) is 0 Å². The zero-order chi connectivity index (χ0) is 13.8. The van der Waals surface area contributed by atoms with Gasteiger partial charge in [0.1, 0.15) is 11.3 Å². The molecule has 0 amide bonds. The highest BCUT2D eigenvalue weighted by Gasteiger charge is 2.13. The topological polar surface area (TPSA) is 85.5 Å². The summed E-state index contributed by atoms with van der Waals surface area (Å²) in [6, 6.07) is 4.75. The molecular weight excluding hydrogens is 316 g/mol. The van der Waals surface area contributed by atoms with Crippen molar-refractivity contribution in [2.75, 3.05) is 0 Å². The van der Waals surface area contributed by atoms with Crippen molar-refractivity contribution in [2.45, 2.75) is 20.0 Å². The van der Waals surface area contributed by atoms with Crippen LogP contribution in [0, 0.1) is 0 Å². The van der Waals surface area contributed by atoms with Crippen molar-refractivity contribution in [3.63, 3.8) is 0 Å². The Hall–Kier alpha value is -1.89. The third kappa shape index (κ3) is 3.31. The van der Waals surface area contributed by atoms with Crippen LogP contribution in [0.25, 0.3) is 0 Å². The molecule has 0 saturated heterocycles. The van der Waals surface area contributed by atoms with Crippen LogP contribution in [0.2, 0.25) is 0 Å². The van der Waals surface area contributed by atoms with Gasteiger partial charge in [-0.1, -0.05) is 28.0 Å². The highest BCUT2D eigenvalue weighted by molar-refractivity contribution is 9.10. The summed E-state index contributed by atoms with van der Waals surface area (Å²) in [6.07, 6.45) is 0.669. The number of halogens is 1. The van der Waals surface area contributed by atoms with Crippen molar-refractivity contribution in [1.29, 1.82) is 0 Å². The van der Waals surface area contributed by atoms with Crippen molar-refractivity contribution in [1.82, 2.24) is 10.1 Å². The molecule has 7 heteroatoms. The van der Waals surface area contributed by atoms with Crippen molar-refractivity contribution in [3.8, 4) is 5.75 Å². The molecule has 1 aromatic carbocycles. The van der Waals surface area contributed by atoms with Gasteiger partial charge in [0.05, 0.1) is 0 Å². The van der Waals surface area contributed by atoms with Gasteiger partial charge < -0.3 is 14.4 Å². The summed E-state index contributed by atoms with van der Waals surface area (Å²) in [4.78, 5) is 15.2. The maximum Gasteiger partial charge on any atom is 0.339 e. The number of hydrogen-bond acceptors (Lipinski definition) is 5. The number of nitrogens with zero attached hydrogens (tertiary/aromatic N) is 2. The first-order valence-electron chi connectivity index (χ1n) is 5.57. The average molecular weight is 327 g/mol. The molecule has 2 rings (SSSR count). The molecule has 19 heavy (non-hydrogen) atoms. The molecule has 1 heterocycles.